The summed E-state index contributed by atoms with van der Waals surface area (Å²) < 4.78 is 0.970. The number of benzene rings is 1. The molecule has 0 atom stereocenters. The third-order valence-electron chi connectivity index (χ3n) is 1.85. The SMILES string of the molecule is NC(=O)c1cc2ccc(Br)cc2[nH]1. The van der Waals surface area contributed by atoms with Crippen molar-refractivity contribution in [1.29, 1.82) is 0 Å². The molecular weight excluding hydrogens is 232 g/mol. The van der Waals surface area contributed by atoms with Gasteiger partial charge in [0.15, 0.2) is 0 Å². The number of aromatic nitrogens is 1. The van der Waals surface area contributed by atoms with Crippen LogP contribution in [0, 0.1) is 0 Å². The largest absolute Gasteiger partial charge is 0.364 e. The highest BCUT2D eigenvalue weighted by Gasteiger charge is 2.04. The van der Waals surface area contributed by atoms with Gasteiger partial charge in [-0.2, -0.15) is 0 Å². The second-order valence-electron chi connectivity index (χ2n) is 2.78. The lowest BCUT2D eigenvalue weighted by Crippen LogP contribution is -2.10. The number of nitrogens with two attached hydrogens (primary N) is 1. The van der Waals surface area contributed by atoms with E-state index in [9.17, 15) is 4.79 Å². The van der Waals surface area contributed by atoms with Gasteiger partial charge in [0.2, 0.25) is 0 Å². The minimum atomic E-state index is -0.438. The van der Waals surface area contributed by atoms with Crippen molar-refractivity contribution in [3.05, 3.63) is 34.4 Å². The summed E-state index contributed by atoms with van der Waals surface area (Å²) >= 11 is 3.34. The first kappa shape index (κ1) is 8.31. The molecule has 2 aromatic rings. The fourth-order valence-corrected chi connectivity index (χ4v) is 1.59. The van der Waals surface area contributed by atoms with Crippen LogP contribution in [0.3, 0.4) is 0 Å². The fourth-order valence-electron chi connectivity index (χ4n) is 1.23. The van der Waals surface area contributed by atoms with E-state index in [1.165, 1.54) is 0 Å². The van der Waals surface area contributed by atoms with Crippen molar-refractivity contribution in [3.63, 3.8) is 0 Å². The Kier molecular flexibility index (Phi) is 1.84. The molecule has 1 aromatic carbocycles. The monoisotopic (exact) mass is 238 g/mol. The van der Waals surface area contributed by atoms with Gasteiger partial charge in [-0.3, -0.25) is 4.79 Å². The van der Waals surface area contributed by atoms with Crippen LogP contribution in [0.2, 0.25) is 0 Å². The van der Waals surface area contributed by atoms with Gasteiger partial charge in [-0.15, -0.1) is 0 Å². The zero-order valence-electron chi connectivity index (χ0n) is 6.67. The standard InChI is InChI=1S/C9H7BrN2O/c10-6-2-1-5-3-8(9(11)13)12-7(5)4-6/h1-4,12H,(H2,11,13). The second kappa shape index (κ2) is 2.88. The summed E-state index contributed by atoms with van der Waals surface area (Å²) in [5.41, 5.74) is 6.48. The fraction of sp³-hybridized carbons (Fsp3) is 0. The summed E-state index contributed by atoms with van der Waals surface area (Å²) in [6.07, 6.45) is 0. The van der Waals surface area contributed by atoms with Gasteiger partial charge in [0.1, 0.15) is 5.69 Å². The quantitative estimate of drug-likeness (QED) is 0.785. The molecule has 0 unspecified atom stereocenters. The molecule has 0 spiro atoms. The van der Waals surface area contributed by atoms with Crippen LogP contribution in [-0.2, 0) is 0 Å². The molecule has 0 saturated heterocycles. The number of amides is 1. The summed E-state index contributed by atoms with van der Waals surface area (Å²) in [7, 11) is 0. The third kappa shape index (κ3) is 1.45. The minimum absolute atomic E-state index is 0.438. The second-order valence-corrected chi connectivity index (χ2v) is 3.69. The van der Waals surface area contributed by atoms with E-state index in [0.29, 0.717) is 5.69 Å². The van der Waals surface area contributed by atoms with Crippen LogP contribution in [0.4, 0.5) is 0 Å². The molecule has 66 valence electrons. The van der Waals surface area contributed by atoms with Gasteiger partial charge in [-0.25, -0.2) is 0 Å². The van der Waals surface area contributed by atoms with Gasteiger partial charge in [-0.05, 0) is 18.2 Å². The van der Waals surface area contributed by atoms with E-state index in [0.717, 1.165) is 15.4 Å². The number of hydrogen-bond acceptors (Lipinski definition) is 1. The summed E-state index contributed by atoms with van der Waals surface area (Å²) in [6, 6.07) is 7.48. The average Bonchev–Trinajstić information content (AvgIpc) is 2.46. The van der Waals surface area contributed by atoms with Crippen molar-refractivity contribution in [2.24, 2.45) is 5.73 Å². The van der Waals surface area contributed by atoms with Crippen molar-refractivity contribution in [2.75, 3.05) is 0 Å². The van der Waals surface area contributed by atoms with Crippen LogP contribution >= 0.6 is 15.9 Å². The maximum atomic E-state index is 10.8. The van der Waals surface area contributed by atoms with Crippen LogP contribution in [0.1, 0.15) is 10.5 Å². The van der Waals surface area contributed by atoms with Crippen LogP contribution in [0.15, 0.2) is 28.7 Å². The molecule has 0 aliphatic carbocycles. The predicted octanol–water partition coefficient (Wildman–Crippen LogP) is 2.03. The van der Waals surface area contributed by atoms with Gasteiger partial charge in [0.25, 0.3) is 5.91 Å². The molecule has 13 heavy (non-hydrogen) atoms. The van der Waals surface area contributed by atoms with E-state index >= 15 is 0 Å². The molecule has 0 radical (unpaired) electrons. The Hall–Kier alpha value is -1.29. The molecule has 1 aromatic heterocycles. The Morgan fingerprint density at radius 2 is 2.15 bits per heavy atom. The smallest absolute Gasteiger partial charge is 0.265 e. The summed E-state index contributed by atoms with van der Waals surface area (Å²) in [6.45, 7) is 0. The predicted molar refractivity (Wildman–Crippen MR) is 54.5 cm³/mol. The molecule has 1 heterocycles. The number of halogens is 1. The minimum Gasteiger partial charge on any atom is -0.364 e. The first-order chi connectivity index (χ1) is 6.16. The first-order valence-corrected chi connectivity index (χ1v) is 4.54. The van der Waals surface area contributed by atoms with Crippen molar-refractivity contribution in [3.8, 4) is 0 Å². The number of nitrogens with one attached hydrogen (secondary N) is 1. The molecule has 1 amide bonds. The van der Waals surface area contributed by atoms with Gasteiger partial charge < -0.3 is 10.7 Å². The van der Waals surface area contributed by atoms with Gasteiger partial charge in [-0.1, -0.05) is 22.0 Å². The van der Waals surface area contributed by atoms with E-state index < -0.39 is 5.91 Å². The van der Waals surface area contributed by atoms with Crippen LogP contribution < -0.4 is 5.73 Å². The number of primary amides is 1. The van der Waals surface area contributed by atoms with E-state index in [4.69, 9.17) is 5.73 Å². The number of H-pyrrole nitrogens is 1. The highest BCUT2D eigenvalue weighted by Crippen LogP contribution is 2.19. The molecule has 0 saturated carbocycles. The normalized spacial score (nSPS) is 10.5. The number of hydrogen-bond donors (Lipinski definition) is 2. The molecule has 3 nitrogen and oxygen atoms in total. The summed E-state index contributed by atoms with van der Waals surface area (Å²) in [5, 5.41) is 0.983. The lowest BCUT2D eigenvalue weighted by Gasteiger charge is -1.89. The lowest BCUT2D eigenvalue weighted by molar-refractivity contribution is 0.0996. The van der Waals surface area contributed by atoms with Crippen molar-refractivity contribution < 1.29 is 4.79 Å². The molecule has 2 rings (SSSR count). The zero-order chi connectivity index (χ0) is 9.42. The molecular formula is C9H7BrN2O. The third-order valence-corrected chi connectivity index (χ3v) is 2.34. The Labute approximate surface area is 83.1 Å². The first-order valence-electron chi connectivity index (χ1n) is 3.75. The Morgan fingerprint density at radius 1 is 1.38 bits per heavy atom. The van der Waals surface area contributed by atoms with Gasteiger partial charge >= 0.3 is 0 Å². The van der Waals surface area contributed by atoms with E-state index in [2.05, 4.69) is 20.9 Å². The van der Waals surface area contributed by atoms with Gasteiger partial charge in [0.05, 0.1) is 0 Å². The number of aromatic amines is 1. The molecule has 4 heteroatoms. The molecule has 0 bridgehead atoms. The number of fused-ring (bicyclic) bond motifs is 1. The van der Waals surface area contributed by atoms with Crippen molar-refractivity contribution in [1.82, 2.24) is 4.98 Å². The molecule has 0 aliphatic heterocycles. The van der Waals surface area contributed by atoms with E-state index in [1.807, 2.05) is 18.2 Å². The van der Waals surface area contributed by atoms with Crippen LogP contribution in [0.5, 0.6) is 0 Å². The Bertz CT molecular complexity index is 475. The average molecular weight is 239 g/mol. The summed E-state index contributed by atoms with van der Waals surface area (Å²) in [5.74, 6) is -0.438. The number of carbonyl (C=O) groups is 1. The van der Waals surface area contributed by atoms with Crippen molar-refractivity contribution >= 4 is 32.7 Å². The summed E-state index contributed by atoms with van der Waals surface area (Å²) in [4.78, 5) is 13.8. The Morgan fingerprint density at radius 3 is 2.85 bits per heavy atom. The maximum absolute atomic E-state index is 10.8. The zero-order valence-corrected chi connectivity index (χ0v) is 8.26. The highest BCUT2D eigenvalue weighted by atomic mass is 79.9. The van der Waals surface area contributed by atoms with Gasteiger partial charge in [0, 0.05) is 15.4 Å². The lowest BCUT2D eigenvalue weighted by atomic mass is 10.2. The highest BCUT2D eigenvalue weighted by molar-refractivity contribution is 9.10. The molecule has 0 fully saturated rings. The van der Waals surface area contributed by atoms with E-state index in [1.54, 1.807) is 6.07 Å². The van der Waals surface area contributed by atoms with E-state index in [-0.39, 0.29) is 0 Å². The topological polar surface area (TPSA) is 58.9 Å². The maximum Gasteiger partial charge on any atom is 0.265 e. The number of carbonyl (C=O) groups excluding carboxylic acids is 1. The van der Waals surface area contributed by atoms with Crippen LogP contribution in [-0.4, -0.2) is 10.9 Å². The van der Waals surface area contributed by atoms with Crippen LogP contribution in [0.25, 0.3) is 10.9 Å². The Balaban J connectivity index is 2.68. The van der Waals surface area contributed by atoms with Crippen molar-refractivity contribution in [2.45, 2.75) is 0 Å². The molecule has 3 N–H and O–H groups in total. The molecule has 0 aliphatic rings. The number of rotatable bonds is 1.